The molecule has 1 aromatic heterocycles. The van der Waals surface area contributed by atoms with Crippen LogP contribution < -0.4 is 0 Å². The van der Waals surface area contributed by atoms with Gasteiger partial charge in [-0.15, -0.1) is 10.2 Å². The summed E-state index contributed by atoms with van der Waals surface area (Å²) in [6.45, 7) is 3.42. The van der Waals surface area contributed by atoms with Crippen LogP contribution in [0.25, 0.3) is 0 Å². The fraction of sp³-hybridized carbons (Fsp3) is 0.400. The van der Waals surface area contributed by atoms with E-state index < -0.39 is 11.5 Å². The van der Waals surface area contributed by atoms with E-state index in [9.17, 15) is 4.79 Å². The molecule has 1 fully saturated rings. The molecule has 1 aromatic carbocycles. The molecule has 0 saturated heterocycles. The SMILES string of the molecule is Cc1nnc(C(C)OC(=O)C2(c3ccc(Cl)cc3)CC2)o1. The predicted octanol–water partition coefficient (Wildman–Crippen LogP) is 3.37. The Balaban J connectivity index is 1.74. The summed E-state index contributed by atoms with van der Waals surface area (Å²) in [5.74, 6) is 0.507. The van der Waals surface area contributed by atoms with Crippen molar-refractivity contribution in [2.24, 2.45) is 0 Å². The maximum Gasteiger partial charge on any atom is 0.317 e. The van der Waals surface area contributed by atoms with Crippen molar-refractivity contribution < 1.29 is 13.9 Å². The highest BCUT2D eigenvalue weighted by Crippen LogP contribution is 2.50. The molecular formula is C15H15ClN2O3. The van der Waals surface area contributed by atoms with Crippen LogP contribution in [0, 0.1) is 6.92 Å². The van der Waals surface area contributed by atoms with Gasteiger partial charge in [-0.05, 0) is 37.5 Å². The largest absolute Gasteiger partial charge is 0.452 e. The zero-order chi connectivity index (χ0) is 15.0. The molecular weight excluding hydrogens is 292 g/mol. The highest BCUT2D eigenvalue weighted by atomic mass is 35.5. The van der Waals surface area contributed by atoms with Crippen LogP contribution in [0.15, 0.2) is 28.7 Å². The lowest BCUT2D eigenvalue weighted by molar-refractivity contribution is -0.152. The van der Waals surface area contributed by atoms with E-state index in [0.717, 1.165) is 18.4 Å². The third kappa shape index (κ3) is 2.65. The summed E-state index contributed by atoms with van der Waals surface area (Å²) in [7, 11) is 0. The highest BCUT2D eigenvalue weighted by Gasteiger charge is 2.53. The topological polar surface area (TPSA) is 65.2 Å². The van der Waals surface area contributed by atoms with Crippen LogP contribution >= 0.6 is 11.6 Å². The smallest absolute Gasteiger partial charge is 0.317 e. The number of benzene rings is 1. The molecule has 6 heteroatoms. The van der Waals surface area contributed by atoms with Crippen LogP contribution in [0.1, 0.15) is 43.2 Å². The van der Waals surface area contributed by atoms with E-state index in [2.05, 4.69) is 10.2 Å². The summed E-state index contributed by atoms with van der Waals surface area (Å²) >= 11 is 5.88. The Morgan fingerprint density at radius 2 is 2.00 bits per heavy atom. The average Bonchev–Trinajstić information content (AvgIpc) is 3.16. The first kappa shape index (κ1) is 14.1. The monoisotopic (exact) mass is 306 g/mol. The molecule has 21 heavy (non-hydrogen) atoms. The lowest BCUT2D eigenvalue weighted by atomic mass is 9.96. The van der Waals surface area contributed by atoms with Gasteiger partial charge in [-0.1, -0.05) is 23.7 Å². The number of aromatic nitrogens is 2. The van der Waals surface area contributed by atoms with E-state index in [-0.39, 0.29) is 5.97 Å². The zero-order valence-electron chi connectivity index (χ0n) is 11.8. The van der Waals surface area contributed by atoms with Gasteiger partial charge in [0, 0.05) is 11.9 Å². The van der Waals surface area contributed by atoms with Crippen LogP contribution in [0.4, 0.5) is 0 Å². The van der Waals surface area contributed by atoms with Gasteiger partial charge < -0.3 is 9.15 Å². The average molecular weight is 307 g/mol. The number of halogens is 1. The summed E-state index contributed by atoms with van der Waals surface area (Å²) in [4.78, 5) is 12.5. The van der Waals surface area contributed by atoms with Gasteiger partial charge in [0.05, 0.1) is 5.41 Å². The molecule has 0 amide bonds. The third-order valence-corrected chi connectivity index (χ3v) is 3.96. The summed E-state index contributed by atoms with van der Waals surface area (Å²) in [6.07, 6.45) is 1.01. The van der Waals surface area contributed by atoms with E-state index in [1.54, 1.807) is 26.0 Å². The predicted molar refractivity (Wildman–Crippen MR) is 75.9 cm³/mol. The quantitative estimate of drug-likeness (QED) is 0.810. The van der Waals surface area contributed by atoms with Gasteiger partial charge in [0.25, 0.3) is 5.89 Å². The van der Waals surface area contributed by atoms with Gasteiger partial charge in [0.15, 0.2) is 6.10 Å². The van der Waals surface area contributed by atoms with E-state index in [0.29, 0.717) is 16.8 Å². The number of rotatable bonds is 4. The molecule has 1 saturated carbocycles. The zero-order valence-corrected chi connectivity index (χ0v) is 12.6. The normalized spacial score (nSPS) is 17.3. The molecule has 1 aliphatic rings. The molecule has 3 rings (SSSR count). The van der Waals surface area contributed by atoms with E-state index in [1.807, 2.05) is 12.1 Å². The first-order valence-corrected chi connectivity index (χ1v) is 7.16. The summed E-state index contributed by atoms with van der Waals surface area (Å²) in [5, 5.41) is 8.26. The molecule has 0 aliphatic heterocycles. The number of carbonyl (C=O) groups excluding carboxylic acids is 1. The molecule has 5 nitrogen and oxygen atoms in total. The van der Waals surface area contributed by atoms with Crippen molar-refractivity contribution in [3.8, 4) is 0 Å². The van der Waals surface area contributed by atoms with Crippen molar-refractivity contribution in [1.29, 1.82) is 0 Å². The van der Waals surface area contributed by atoms with Crippen molar-refractivity contribution >= 4 is 17.6 Å². The Morgan fingerprint density at radius 3 is 2.52 bits per heavy atom. The molecule has 0 N–H and O–H groups in total. The molecule has 1 heterocycles. The molecule has 1 aliphatic carbocycles. The molecule has 0 bridgehead atoms. The minimum atomic E-state index is -0.552. The van der Waals surface area contributed by atoms with Crippen LogP contribution in [0.5, 0.6) is 0 Å². The number of esters is 1. The molecule has 0 spiro atoms. The number of carbonyl (C=O) groups is 1. The summed E-state index contributed by atoms with van der Waals surface area (Å²) in [5.41, 5.74) is 0.388. The fourth-order valence-electron chi connectivity index (χ4n) is 2.30. The minimum Gasteiger partial charge on any atom is -0.452 e. The van der Waals surface area contributed by atoms with Crippen molar-refractivity contribution in [1.82, 2.24) is 10.2 Å². The molecule has 1 atom stereocenters. The first-order chi connectivity index (χ1) is 10.0. The Bertz CT molecular complexity index is 662. The molecule has 1 unspecified atom stereocenters. The van der Waals surface area contributed by atoms with Gasteiger partial charge >= 0.3 is 5.97 Å². The maximum atomic E-state index is 12.5. The highest BCUT2D eigenvalue weighted by molar-refractivity contribution is 6.30. The Morgan fingerprint density at radius 1 is 1.33 bits per heavy atom. The first-order valence-electron chi connectivity index (χ1n) is 6.78. The molecule has 2 aromatic rings. The lowest BCUT2D eigenvalue weighted by Crippen LogP contribution is -2.24. The van der Waals surface area contributed by atoms with E-state index in [1.165, 1.54) is 0 Å². The second-order valence-corrected chi connectivity index (χ2v) is 5.73. The van der Waals surface area contributed by atoms with Gasteiger partial charge in [-0.3, -0.25) is 4.79 Å². The Kier molecular flexibility index (Phi) is 3.45. The number of ether oxygens (including phenoxy) is 1. The second-order valence-electron chi connectivity index (χ2n) is 5.30. The third-order valence-electron chi connectivity index (χ3n) is 3.71. The number of nitrogens with zero attached hydrogens (tertiary/aromatic N) is 2. The fourth-order valence-corrected chi connectivity index (χ4v) is 2.43. The van der Waals surface area contributed by atoms with Crippen molar-refractivity contribution in [2.45, 2.75) is 38.2 Å². The van der Waals surface area contributed by atoms with Gasteiger partial charge in [0.1, 0.15) is 0 Å². The second kappa shape index (κ2) is 5.15. The van der Waals surface area contributed by atoms with Crippen molar-refractivity contribution in [3.63, 3.8) is 0 Å². The van der Waals surface area contributed by atoms with Crippen LogP contribution in [-0.4, -0.2) is 16.2 Å². The standard InChI is InChI=1S/C15H15ClN2O3/c1-9(13-18-17-10(2)21-13)20-14(19)15(7-8-15)11-3-5-12(16)6-4-11/h3-6,9H,7-8H2,1-2H3. The van der Waals surface area contributed by atoms with E-state index in [4.69, 9.17) is 20.8 Å². The lowest BCUT2D eigenvalue weighted by Gasteiger charge is -2.17. The maximum absolute atomic E-state index is 12.5. The number of hydrogen-bond acceptors (Lipinski definition) is 5. The van der Waals surface area contributed by atoms with E-state index >= 15 is 0 Å². The number of aryl methyl sites for hydroxylation is 1. The Hall–Kier alpha value is -1.88. The minimum absolute atomic E-state index is 0.256. The Labute approximate surface area is 127 Å². The van der Waals surface area contributed by atoms with Crippen LogP contribution in [-0.2, 0) is 14.9 Å². The van der Waals surface area contributed by atoms with Gasteiger partial charge in [0.2, 0.25) is 5.89 Å². The van der Waals surface area contributed by atoms with Gasteiger partial charge in [-0.2, -0.15) is 0 Å². The van der Waals surface area contributed by atoms with Crippen molar-refractivity contribution in [2.75, 3.05) is 0 Å². The van der Waals surface area contributed by atoms with Crippen LogP contribution in [0.3, 0.4) is 0 Å². The summed E-state index contributed by atoms with van der Waals surface area (Å²) in [6, 6.07) is 7.32. The molecule has 110 valence electrons. The summed E-state index contributed by atoms with van der Waals surface area (Å²) < 4.78 is 10.8. The van der Waals surface area contributed by atoms with Crippen molar-refractivity contribution in [3.05, 3.63) is 46.6 Å². The molecule has 0 radical (unpaired) electrons. The number of hydrogen-bond donors (Lipinski definition) is 0. The van der Waals surface area contributed by atoms with Crippen LogP contribution in [0.2, 0.25) is 5.02 Å². The van der Waals surface area contributed by atoms with Gasteiger partial charge in [-0.25, -0.2) is 0 Å².